The van der Waals surface area contributed by atoms with Gasteiger partial charge in [-0.25, -0.2) is 4.68 Å². The van der Waals surface area contributed by atoms with Crippen LogP contribution in [0.5, 0.6) is 0 Å². The summed E-state index contributed by atoms with van der Waals surface area (Å²) in [5.41, 5.74) is 2.35. The molecule has 0 aliphatic carbocycles. The van der Waals surface area contributed by atoms with Gasteiger partial charge < -0.3 is 14.8 Å². The highest BCUT2D eigenvalue weighted by Crippen LogP contribution is 2.12. The minimum absolute atomic E-state index is 0.657. The second-order valence-electron chi connectivity index (χ2n) is 4.71. The third-order valence-electron chi connectivity index (χ3n) is 3.13. The van der Waals surface area contributed by atoms with Crippen LogP contribution in [0.3, 0.4) is 0 Å². The topological polar surface area (TPSA) is 48.3 Å². The first-order valence-corrected chi connectivity index (χ1v) is 7.27. The molecule has 21 heavy (non-hydrogen) atoms. The molecule has 2 aromatic rings. The molecule has 0 saturated heterocycles. The number of methoxy groups -OCH3 is 1. The Morgan fingerprint density at radius 2 is 2.05 bits per heavy atom. The Bertz CT molecular complexity index is 500. The summed E-state index contributed by atoms with van der Waals surface area (Å²) >= 11 is 0. The predicted octanol–water partition coefficient (Wildman–Crippen LogP) is 2.01. The zero-order valence-corrected chi connectivity index (χ0v) is 12.5. The van der Waals surface area contributed by atoms with Gasteiger partial charge in [-0.15, -0.1) is 0 Å². The molecule has 0 saturated carbocycles. The molecule has 1 aromatic heterocycles. The number of benzene rings is 1. The summed E-state index contributed by atoms with van der Waals surface area (Å²) in [5, 5.41) is 7.73. The summed E-state index contributed by atoms with van der Waals surface area (Å²) in [7, 11) is 1.68. The average molecular weight is 289 g/mol. The van der Waals surface area contributed by atoms with E-state index in [0.29, 0.717) is 13.2 Å². The minimum Gasteiger partial charge on any atom is -0.382 e. The number of ether oxygens (including phenoxy) is 2. The second kappa shape index (κ2) is 9.28. The van der Waals surface area contributed by atoms with Crippen LogP contribution < -0.4 is 5.32 Å². The number of hydrogen-bond donors (Lipinski definition) is 1. The smallest absolute Gasteiger partial charge is 0.0700 e. The van der Waals surface area contributed by atoms with Crippen molar-refractivity contribution in [3.63, 3.8) is 0 Å². The lowest BCUT2D eigenvalue weighted by atomic mass is 10.2. The summed E-state index contributed by atoms with van der Waals surface area (Å²) in [6, 6.07) is 10.2. The Morgan fingerprint density at radius 3 is 2.86 bits per heavy atom. The van der Waals surface area contributed by atoms with Crippen LogP contribution in [-0.2, 0) is 16.0 Å². The molecule has 0 spiro atoms. The zero-order chi connectivity index (χ0) is 14.8. The van der Waals surface area contributed by atoms with Crippen molar-refractivity contribution >= 4 is 0 Å². The number of aromatic nitrogens is 2. The molecular weight excluding hydrogens is 266 g/mol. The maximum atomic E-state index is 5.43. The summed E-state index contributed by atoms with van der Waals surface area (Å²) in [5.74, 6) is 0. The first-order chi connectivity index (χ1) is 10.4. The maximum absolute atomic E-state index is 5.43. The standard InChI is InChI=1S/C16H23N3O2/c1-20-12-13-21-11-5-8-17-14-15-6-2-3-7-16(15)19-10-4-9-18-19/h2-4,6-7,9-10,17H,5,8,11-14H2,1H3. The van der Waals surface area contributed by atoms with Gasteiger partial charge in [0.2, 0.25) is 0 Å². The van der Waals surface area contributed by atoms with Gasteiger partial charge >= 0.3 is 0 Å². The highest BCUT2D eigenvalue weighted by atomic mass is 16.5. The molecule has 1 N–H and O–H groups in total. The highest BCUT2D eigenvalue weighted by molar-refractivity contribution is 5.40. The van der Waals surface area contributed by atoms with Crippen molar-refractivity contribution in [2.75, 3.05) is 33.5 Å². The number of para-hydroxylation sites is 1. The highest BCUT2D eigenvalue weighted by Gasteiger charge is 2.03. The molecule has 0 fully saturated rings. The van der Waals surface area contributed by atoms with Gasteiger partial charge in [-0.1, -0.05) is 18.2 Å². The fraction of sp³-hybridized carbons (Fsp3) is 0.438. The van der Waals surface area contributed by atoms with Gasteiger partial charge in [0.25, 0.3) is 0 Å². The van der Waals surface area contributed by atoms with Gasteiger partial charge in [-0.2, -0.15) is 5.10 Å². The van der Waals surface area contributed by atoms with Gasteiger partial charge in [0.1, 0.15) is 0 Å². The van der Waals surface area contributed by atoms with Crippen LogP contribution in [0.15, 0.2) is 42.7 Å². The molecule has 5 nitrogen and oxygen atoms in total. The van der Waals surface area contributed by atoms with E-state index < -0.39 is 0 Å². The first kappa shape index (κ1) is 15.7. The van der Waals surface area contributed by atoms with Crippen molar-refractivity contribution < 1.29 is 9.47 Å². The van der Waals surface area contributed by atoms with Crippen molar-refractivity contribution in [2.24, 2.45) is 0 Å². The summed E-state index contributed by atoms with van der Waals surface area (Å²) in [6.07, 6.45) is 4.75. The Hall–Kier alpha value is -1.69. The van der Waals surface area contributed by atoms with Crippen molar-refractivity contribution in [1.29, 1.82) is 0 Å². The third-order valence-corrected chi connectivity index (χ3v) is 3.13. The van der Waals surface area contributed by atoms with Gasteiger partial charge in [0.05, 0.1) is 18.9 Å². The van der Waals surface area contributed by atoms with Crippen molar-refractivity contribution in [3.8, 4) is 5.69 Å². The van der Waals surface area contributed by atoms with E-state index in [2.05, 4.69) is 28.6 Å². The number of hydrogen-bond acceptors (Lipinski definition) is 4. The van der Waals surface area contributed by atoms with E-state index in [-0.39, 0.29) is 0 Å². The van der Waals surface area contributed by atoms with Crippen LogP contribution >= 0.6 is 0 Å². The number of nitrogens with zero attached hydrogens (tertiary/aromatic N) is 2. The van der Waals surface area contributed by atoms with Crippen LogP contribution in [0.25, 0.3) is 5.69 Å². The van der Waals surface area contributed by atoms with Crippen LogP contribution in [0, 0.1) is 0 Å². The van der Waals surface area contributed by atoms with E-state index in [1.807, 2.05) is 23.0 Å². The first-order valence-electron chi connectivity index (χ1n) is 7.27. The molecule has 0 radical (unpaired) electrons. The predicted molar refractivity (Wildman–Crippen MR) is 82.6 cm³/mol. The monoisotopic (exact) mass is 289 g/mol. The van der Waals surface area contributed by atoms with Crippen molar-refractivity contribution in [2.45, 2.75) is 13.0 Å². The molecule has 0 unspecified atom stereocenters. The average Bonchev–Trinajstić information content (AvgIpc) is 3.04. The molecule has 5 heteroatoms. The Balaban J connectivity index is 1.72. The lowest BCUT2D eigenvalue weighted by Gasteiger charge is -2.10. The van der Waals surface area contributed by atoms with Gasteiger partial charge in [0, 0.05) is 32.7 Å². The lowest BCUT2D eigenvalue weighted by Crippen LogP contribution is -2.18. The molecule has 0 aliphatic rings. The summed E-state index contributed by atoms with van der Waals surface area (Å²) < 4.78 is 12.3. The van der Waals surface area contributed by atoms with Gasteiger partial charge in [-0.3, -0.25) is 0 Å². The number of nitrogens with one attached hydrogen (secondary N) is 1. The fourth-order valence-electron chi connectivity index (χ4n) is 2.06. The normalized spacial score (nSPS) is 10.9. The van der Waals surface area contributed by atoms with Crippen molar-refractivity contribution in [3.05, 3.63) is 48.3 Å². The Morgan fingerprint density at radius 1 is 1.14 bits per heavy atom. The van der Waals surface area contributed by atoms with E-state index in [1.165, 1.54) is 5.56 Å². The molecule has 2 rings (SSSR count). The van der Waals surface area contributed by atoms with Gasteiger partial charge in [0.15, 0.2) is 0 Å². The van der Waals surface area contributed by atoms with E-state index in [4.69, 9.17) is 9.47 Å². The molecule has 0 atom stereocenters. The molecule has 0 aliphatic heterocycles. The molecule has 1 aromatic carbocycles. The molecule has 1 heterocycles. The SMILES string of the molecule is COCCOCCCNCc1ccccc1-n1cccn1. The third kappa shape index (κ3) is 5.30. The molecule has 114 valence electrons. The number of rotatable bonds is 10. The van der Waals surface area contributed by atoms with Crippen LogP contribution in [0.1, 0.15) is 12.0 Å². The van der Waals surface area contributed by atoms with Crippen molar-refractivity contribution in [1.82, 2.24) is 15.1 Å². The van der Waals surface area contributed by atoms with E-state index in [0.717, 1.165) is 31.8 Å². The maximum Gasteiger partial charge on any atom is 0.0700 e. The van der Waals surface area contributed by atoms with Crippen LogP contribution in [0.4, 0.5) is 0 Å². The lowest BCUT2D eigenvalue weighted by molar-refractivity contribution is 0.0695. The molecule has 0 bridgehead atoms. The van der Waals surface area contributed by atoms with Gasteiger partial charge in [-0.05, 0) is 30.7 Å². The summed E-state index contributed by atoms with van der Waals surface area (Å²) in [6.45, 7) is 3.84. The Labute approximate surface area is 125 Å². The van der Waals surface area contributed by atoms with E-state index >= 15 is 0 Å². The zero-order valence-electron chi connectivity index (χ0n) is 12.5. The molecular formula is C16H23N3O2. The van der Waals surface area contributed by atoms with Crippen LogP contribution in [-0.4, -0.2) is 43.3 Å². The fourth-order valence-corrected chi connectivity index (χ4v) is 2.06. The molecule has 0 amide bonds. The Kier molecular flexibility index (Phi) is 6.94. The quantitative estimate of drug-likeness (QED) is 0.680. The van der Waals surface area contributed by atoms with E-state index in [9.17, 15) is 0 Å². The van der Waals surface area contributed by atoms with E-state index in [1.54, 1.807) is 13.3 Å². The largest absolute Gasteiger partial charge is 0.382 e. The van der Waals surface area contributed by atoms with Crippen LogP contribution in [0.2, 0.25) is 0 Å². The second-order valence-corrected chi connectivity index (χ2v) is 4.71. The minimum atomic E-state index is 0.657. The summed E-state index contributed by atoms with van der Waals surface area (Å²) in [4.78, 5) is 0.